The van der Waals surface area contributed by atoms with Crippen LogP contribution in [0.5, 0.6) is 0 Å². The molecule has 2 aliphatic carbocycles. The largest absolute Gasteiger partial charge is 0.501 e. The van der Waals surface area contributed by atoms with Gasteiger partial charge in [0.15, 0.2) is 0 Å². The summed E-state index contributed by atoms with van der Waals surface area (Å²) >= 11 is 2.38. The van der Waals surface area contributed by atoms with E-state index in [0.29, 0.717) is 5.92 Å². The minimum Gasteiger partial charge on any atom is -0.501 e. The Morgan fingerprint density at radius 1 is 0.970 bits per heavy atom. The molecule has 0 unspecified atom stereocenters. The maximum absolute atomic E-state index is 5.61. The van der Waals surface area contributed by atoms with Gasteiger partial charge >= 0.3 is 0 Å². The first kappa shape index (κ1) is 22.6. The second-order valence-electron chi connectivity index (χ2n) is 9.18. The highest BCUT2D eigenvalue weighted by Gasteiger charge is 2.22. The van der Waals surface area contributed by atoms with Gasteiger partial charge in [0.05, 0.1) is 35.5 Å². The van der Waals surface area contributed by atoms with Gasteiger partial charge in [0.2, 0.25) is 0 Å². The van der Waals surface area contributed by atoms with Crippen LogP contribution in [0.3, 0.4) is 0 Å². The number of methoxy groups -OCH3 is 1. The molecule has 33 heavy (non-hydrogen) atoms. The number of benzene rings is 1. The summed E-state index contributed by atoms with van der Waals surface area (Å²) in [6.45, 7) is 2.19. The second-order valence-corrected chi connectivity index (χ2v) is 10.4. The number of halogens is 1. The van der Waals surface area contributed by atoms with Crippen LogP contribution in [-0.2, 0) is 4.74 Å². The van der Waals surface area contributed by atoms with E-state index in [1.165, 1.54) is 63.5 Å². The molecule has 1 fully saturated rings. The third-order valence-electron chi connectivity index (χ3n) is 7.11. The summed E-state index contributed by atoms with van der Waals surface area (Å²) in [4.78, 5) is 10.5. The van der Waals surface area contributed by atoms with E-state index in [1.54, 1.807) is 7.11 Å². The molecule has 2 aromatic heterocycles. The summed E-state index contributed by atoms with van der Waals surface area (Å²) in [6, 6.07) is 15.3. The van der Waals surface area contributed by atoms with E-state index in [0.717, 1.165) is 41.9 Å². The number of aromatic nitrogens is 2. The molecule has 3 aromatic rings. The van der Waals surface area contributed by atoms with Crippen molar-refractivity contribution in [2.45, 2.75) is 64.2 Å². The van der Waals surface area contributed by atoms with Crippen LogP contribution in [-0.4, -0.2) is 17.1 Å². The molecule has 0 saturated heterocycles. The van der Waals surface area contributed by atoms with Gasteiger partial charge < -0.3 is 4.74 Å². The Labute approximate surface area is 210 Å². The Morgan fingerprint density at radius 3 is 2.58 bits per heavy atom. The van der Waals surface area contributed by atoms with Crippen molar-refractivity contribution < 1.29 is 4.74 Å². The monoisotopic (exact) mass is 550 g/mol. The average Bonchev–Trinajstić information content (AvgIpc) is 2.87. The van der Waals surface area contributed by atoms with Gasteiger partial charge in [-0.05, 0) is 89.8 Å². The molecule has 1 aromatic carbocycles. The molecular weight excluding hydrogens is 519 g/mol. The Kier molecular flexibility index (Phi) is 6.81. The minimum absolute atomic E-state index is 0.532. The van der Waals surface area contributed by atoms with Crippen molar-refractivity contribution in [3.63, 3.8) is 0 Å². The number of ether oxygens (including phenoxy) is 1. The van der Waals surface area contributed by atoms with Crippen LogP contribution in [0.2, 0.25) is 0 Å². The molecule has 0 amide bonds. The Bertz CT molecular complexity index is 1240. The van der Waals surface area contributed by atoms with Gasteiger partial charge in [0.1, 0.15) is 0 Å². The lowest BCUT2D eigenvalue weighted by atomic mass is 9.85. The van der Waals surface area contributed by atoms with Crippen LogP contribution in [0.1, 0.15) is 75.6 Å². The number of allylic oxidation sites excluding steroid dienone is 4. The molecule has 0 bridgehead atoms. The Balaban J connectivity index is 1.64. The predicted octanol–water partition coefficient (Wildman–Crippen LogP) is 8.44. The molecule has 2 aliphatic rings. The maximum atomic E-state index is 5.61. The van der Waals surface area contributed by atoms with Crippen LogP contribution in [0, 0.1) is 3.57 Å². The third kappa shape index (κ3) is 4.72. The van der Waals surface area contributed by atoms with Gasteiger partial charge in [-0.1, -0.05) is 44.4 Å². The summed E-state index contributed by atoms with van der Waals surface area (Å²) in [6.07, 6.45) is 11.6. The zero-order valence-electron chi connectivity index (χ0n) is 19.5. The number of hydrogen-bond donors (Lipinski definition) is 0. The number of pyridine rings is 2. The topological polar surface area (TPSA) is 35.0 Å². The molecule has 0 atom stereocenters. The predicted molar refractivity (Wildman–Crippen MR) is 145 cm³/mol. The SMILES string of the molecule is CCC1=C(OC)CCC(c2ccc3c(C4CCCCC4)nc(-c4cccc(I)c4)cc3n2)=C1. The summed E-state index contributed by atoms with van der Waals surface area (Å²) in [5, 5.41) is 1.22. The first-order valence-electron chi connectivity index (χ1n) is 12.2. The van der Waals surface area contributed by atoms with Gasteiger partial charge in [-0.25, -0.2) is 4.98 Å². The van der Waals surface area contributed by atoms with Crippen molar-refractivity contribution in [1.82, 2.24) is 9.97 Å². The molecular formula is C29H31IN2O. The molecule has 0 N–H and O–H groups in total. The molecule has 0 aliphatic heterocycles. The number of hydrogen-bond acceptors (Lipinski definition) is 3. The van der Waals surface area contributed by atoms with Crippen LogP contribution >= 0.6 is 22.6 Å². The van der Waals surface area contributed by atoms with E-state index < -0.39 is 0 Å². The second kappa shape index (κ2) is 9.96. The van der Waals surface area contributed by atoms with Crippen molar-refractivity contribution in [3.05, 3.63) is 74.8 Å². The van der Waals surface area contributed by atoms with E-state index in [9.17, 15) is 0 Å². The third-order valence-corrected chi connectivity index (χ3v) is 7.78. The molecule has 0 radical (unpaired) electrons. The van der Waals surface area contributed by atoms with Crippen molar-refractivity contribution in [2.75, 3.05) is 7.11 Å². The lowest BCUT2D eigenvalue weighted by molar-refractivity contribution is 0.272. The minimum atomic E-state index is 0.532. The summed E-state index contributed by atoms with van der Waals surface area (Å²) in [7, 11) is 1.78. The van der Waals surface area contributed by atoms with Crippen molar-refractivity contribution in [2.24, 2.45) is 0 Å². The average molecular weight is 550 g/mol. The van der Waals surface area contributed by atoms with Gasteiger partial charge in [0.25, 0.3) is 0 Å². The fourth-order valence-corrected chi connectivity index (χ4v) is 5.86. The summed E-state index contributed by atoms with van der Waals surface area (Å²) in [5.41, 5.74) is 8.20. The standard InChI is InChI=1S/C29H31IN2O/c1-3-19-16-22(12-15-28(19)33-2)25-14-13-24-27(31-25)18-26(21-10-7-11-23(30)17-21)32-29(24)20-8-5-4-6-9-20/h7,10-11,13-14,16-18,20H,3-6,8-9,12,15H2,1-2H3. The van der Waals surface area contributed by atoms with Gasteiger partial charge in [-0.2, -0.15) is 0 Å². The first-order valence-corrected chi connectivity index (χ1v) is 13.3. The highest BCUT2D eigenvalue weighted by atomic mass is 127. The molecule has 4 heteroatoms. The van der Waals surface area contributed by atoms with Crippen LogP contribution in [0.15, 0.2) is 59.9 Å². The number of rotatable bonds is 5. The highest BCUT2D eigenvalue weighted by molar-refractivity contribution is 14.1. The van der Waals surface area contributed by atoms with E-state index in [-0.39, 0.29) is 0 Å². The van der Waals surface area contributed by atoms with Crippen molar-refractivity contribution in [1.29, 1.82) is 0 Å². The molecule has 1 saturated carbocycles. The smallest absolute Gasteiger partial charge is 0.0990 e. The highest BCUT2D eigenvalue weighted by Crippen LogP contribution is 2.38. The lowest BCUT2D eigenvalue weighted by Gasteiger charge is -2.23. The summed E-state index contributed by atoms with van der Waals surface area (Å²) < 4.78 is 6.84. The van der Waals surface area contributed by atoms with Crippen LogP contribution in [0.25, 0.3) is 27.7 Å². The van der Waals surface area contributed by atoms with Crippen molar-refractivity contribution in [3.8, 4) is 11.3 Å². The first-order chi connectivity index (χ1) is 16.2. The molecule has 170 valence electrons. The molecule has 3 nitrogen and oxygen atoms in total. The number of fused-ring (bicyclic) bond motifs is 1. The van der Waals surface area contributed by atoms with E-state index in [1.807, 2.05) is 0 Å². The number of nitrogens with zero attached hydrogens (tertiary/aromatic N) is 2. The molecule has 2 heterocycles. The van der Waals surface area contributed by atoms with Crippen LogP contribution < -0.4 is 0 Å². The zero-order valence-corrected chi connectivity index (χ0v) is 21.7. The van der Waals surface area contributed by atoms with Crippen LogP contribution in [0.4, 0.5) is 0 Å². The summed E-state index contributed by atoms with van der Waals surface area (Å²) in [5.74, 6) is 1.65. The van der Waals surface area contributed by atoms with Gasteiger partial charge in [0, 0.05) is 26.9 Å². The van der Waals surface area contributed by atoms with E-state index in [2.05, 4.69) is 78.1 Å². The van der Waals surface area contributed by atoms with Gasteiger partial charge in [-0.3, -0.25) is 4.98 Å². The normalized spacial score (nSPS) is 17.4. The quantitative estimate of drug-likeness (QED) is 0.299. The van der Waals surface area contributed by atoms with Gasteiger partial charge in [-0.15, -0.1) is 0 Å². The van der Waals surface area contributed by atoms with E-state index >= 15 is 0 Å². The van der Waals surface area contributed by atoms with E-state index in [4.69, 9.17) is 14.7 Å². The maximum Gasteiger partial charge on any atom is 0.0990 e. The Morgan fingerprint density at radius 2 is 1.82 bits per heavy atom. The zero-order chi connectivity index (χ0) is 22.8. The van der Waals surface area contributed by atoms with Crippen molar-refractivity contribution >= 4 is 39.1 Å². The molecule has 0 spiro atoms. The fourth-order valence-electron chi connectivity index (χ4n) is 5.32. The Hall–Kier alpha value is -2.21. The lowest BCUT2D eigenvalue weighted by Crippen LogP contribution is -2.09. The fraction of sp³-hybridized carbons (Fsp3) is 0.379. The molecule has 5 rings (SSSR count).